The molecule has 0 spiro atoms. The maximum Gasteiger partial charge on any atom is 0.463 e. The molecule has 0 amide bonds. The standard InChI is InChI=1S/C19H38B2O4/c1-15(2,21-24-18(7,8)19(9,10)25-21)13-11-12-14-20-22-16(3,4)17(5,6)23-20/h11-14H2,1-10H3. The van der Waals surface area contributed by atoms with Crippen LogP contribution in [0.2, 0.25) is 11.6 Å². The van der Waals surface area contributed by atoms with Crippen molar-refractivity contribution in [2.45, 2.75) is 123 Å². The van der Waals surface area contributed by atoms with Gasteiger partial charge in [0.15, 0.2) is 0 Å². The monoisotopic (exact) mass is 352 g/mol. The van der Waals surface area contributed by atoms with Crippen LogP contribution in [0.4, 0.5) is 0 Å². The second-order valence-electron chi connectivity index (χ2n) is 10.5. The summed E-state index contributed by atoms with van der Waals surface area (Å²) >= 11 is 0. The predicted octanol–water partition coefficient (Wildman–Crippen LogP) is 5.12. The first-order valence-electron chi connectivity index (χ1n) is 9.81. The van der Waals surface area contributed by atoms with Gasteiger partial charge in [-0.05, 0) is 73.4 Å². The average molecular weight is 352 g/mol. The van der Waals surface area contributed by atoms with Crippen LogP contribution in [-0.2, 0) is 18.6 Å². The molecule has 144 valence electrons. The van der Waals surface area contributed by atoms with Gasteiger partial charge in [-0.1, -0.05) is 26.7 Å². The first-order valence-corrected chi connectivity index (χ1v) is 9.81. The maximum absolute atomic E-state index is 6.24. The molecule has 0 saturated carbocycles. The molecule has 0 aromatic heterocycles. The van der Waals surface area contributed by atoms with E-state index < -0.39 is 0 Å². The molecule has 0 radical (unpaired) electrons. The Morgan fingerprint density at radius 1 is 0.640 bits per heavy atom. The van der Waals surface area contributed by atoms with Gasteiger partial charge in [-0.3, -0.25) is 0 Å². The molecule has 0 aromatic rings. The Balaban J connectivity index is 1.79. The summed E-state index contributed by atoms with van der Waals surface area (Å²) in [4.78, 5) is 0. The van der Waals surface area contributed by atoms with Crippen molar-refractivity contribution in [3.8, 4) is 0 Å². The summed E-state index contributed by atoms with van der Waals surface area (Å²) in [5.41, 5.74) is -1.01. The predicted molar refractivity (Wildman–Crippen MR) is 105 cm³/mol. The number of hydrogen-bond acceptors (Lipinski definition) is 4. The normalized spacial score (nSPS) is 27.1. The fourth-order valence-electron chi connectivity index (χ4n) is 3.25. The first-order chi connectivity index (χ1) is 11.1. The van der Waals surface area contributed by atoms with Gasteiger partial charge in [0.25, 0.3) is 0 Å². The van der Waals surface area contributed by atoms with Gasteiger partial charge in [0.2, 0.25) is 0 Å². The Bertz CT molecular complexity index is 454. The van der Waals surface area contributed by atoms with Crippen molar-refractivity contribution in [2.75, 3.05) is 0 Å². The summed E-state index contributed by atoms with van der Waals surface area (Å²) in [6.45, 7) is 21.4. The summed E-state index contributed by atoms with van der Waals surface area (Å²) in [6.07, 6.45) is 4.19. The minimum Gasteiger partial charge on any atom is -0.403 e. The zero-order chi connectivity index (χ0) is 19.3. The van der Waals surface area contributed by atoms with E-state index in [1.54, 1.807) is 0 Å². The van der Waals surface area contributed by atoms with Crippen molar-refractivity contribution >= 4 is 14.2 Å². The molecule has 2 aliphatic heterocycles. The molecule has 0 unspecified atom stereocenters. The third-order valence-electron chi connectivity index (χ3n) is 6.70. The highest BCUT2D eigenvalue weighted by Gasteiger charge is 2.56. The molecule has 0 N–H and O–H groups in total. The molecule has 4 nitrogen and oxygen atoms in total. The lowest BCUT2D eigenvalue weighted by Gasteiger charge is -2.32. The molecular weight excluding hydrogens is 314 g/mol. The lowest BCUT2D eigenvalue weighted by Crippen LogP contribution is -2.41. The van der Waals surface area contributed by atoms with E-state index in [0.29, 0.717) is 0 Å². The van der Waals surface area contributed by atoms with Crippen molar-refractivity contribution < 1.29 is 18.6 Å². The molecule has 2 fully saturated rings. The highest BCUT2D eigenvalue weighted by Crippen LogP contribution is 2.47. The van der Waals surface area contributed by atoms with E-state index in [-0.39, 0.29) is 42.0 Å². The topological polar surface area (TPSA) is 36.9 Å². The molecule has 0 aromatic carbocycles. The van der Waals surface area contributed by atoms with Gasteiger partial charge in [0.1, 0.15) is 0 Å². The first kappa shape index (κ1) is 21.3. The summed E-state index contributed by atoms with van der Waals surface area (Å²) in [7, 11) is -0.251. The van der Waals surface area contributed by atoms with Gasteiger partial charge in [0, 0.05) is 0 Å². The molecule has 0 atom stereocenters. The SMILES string of the molecule is CC(C)(CCCCB1OC(C)(C)C(C)(C)O1)B1OC(C)(C)C(C)(C)O1. The lowest BCUT2D eigenvalue weighted by atomic mass is 9.57. The van der Waals surface area contributed by atoms with Gasteiger partial charge >= 0.3 is 14.2 Å². The third kappa shape index (κ3) is 4.28. The Hall–Kier alpha value is -0.0301. The highest BCUT2D eigenvalue weighted by molar-refractivity contribution is 6.49. The van der Waals surface area contributed by atoms with Gasteiger partial charge in [-0.15, -0.1) is 0 Å². The molecule has 6 heteroatoms. The summed E-state index contributed by atoms with van der Waals surface area (Å²) in [5.74, 6) is 0. The molecule has 25 heavy (non-hydrogen) atoms. The van der Waals surface area contributed by atoms with E-state index >= 15 is 0 Å². The molecule has 0 bridgehead atoms. The second kappa shape index (κ2) is 6.54. The largest absolute Gasteiger partial charge is 0.463 e. The fraction of sp³-hybridized carbons (Fsp3) is 1.00. The average Bonchev–Trinajstić information content (AvgIpc) is 2.75. The van der Waals surface area contributed by atoms with E-state index in [4.69, 9.17) is 18.6 Å². The molecule has 2 aliphatic rings. The quantitative estimate of drug-likeness (QED) is 0.491. The van der Waals surface area contributed by atoms with Crippen molar-refractivity contribution in [1.82, 2.24) is 0 Å². The molecule has 2 heterocycles. The van der Waals surface area contributed by atoms with Gasteiger partial charge in [-0.25, -0.2) is 0 Å². The van der Waals surface area contributed by atoms with Crippen molar-refractivity contribution in [1.29, 1.82) is 0 Å². The zero-order valence-electron chi connectivity index (χ0n) is 18.1. The molecule has 0 aliphatic carbocycles. The van der Waals surface area contributed by atoms with E-state index in [1.165, 1.54) is 0 Å². The Labute approximate surface area is 156 Å². The number of unbranched alkanes of at least 4 members (excludes halogenated alkanes) is 1. The van der Waals surface area contributed by atoms with E-state index in [1.807, 2.05) is 0 Å². The van der Waals surface area contributed by atoms with Crippen LogP contribution in [0.5, 0.6) is 0 Å². The minimum absolute atomic E-state index is 0.0129. The lowest BCUT2D eigenvalue weighted by molar-refractivity contribution is 0.00578. The van der Waals surface area contributed by atoms with Crippen LogP contribution in [0.3, 0.4) is 0 Å². The zero-order valence-corrected chi connectivity index (χ0v) is 18.1. The Morgan fingerprint density at radius 2 is 1.04 bits per heavy atom. The summed E-state index contributed by atoms with van der Waals surface area (Å²) in [6, 6.07) is 0. The Morgan fingerprint density at radius 3 is 1.48 bits per heavy atom. The summed E-state index contributed by atoms with van der Waals surface area (Å²) in [5, 5.41) is -0.0129. The number of rotatable bonds is 6. The maximum atomic E-state index is 6.24. The minimum atomic E-state index is -0.266. The van der Waals surface area contributed by atoms with Gasteiger partial charge in [-0.2, -0.15) is 0 Å². The van der Waals surface area contributed by atoms with E-state index in [2.05, 4.69) is 69.2 Å². The van der Waals surface area contributed by atoms with Crippen LogP contribution in [0, 0.1) is 0 Å². The van der Waals surface area contributed by atoms with E-state index in [9.17, 15) is 0 Å². The Kier molecular flexibility index (Phi) is 5.57. The molecule has 2 saturated heterocycles. The second-order valence-corrected chi connectivity index (χ2v) is 10.5. The van der Waals surface area contributed by atoms with E-state index in [0.717, 1.165) is 25.6 Å². The van der Waals surface area contributed by atoms with Crippen LogP contribution < -0.4 is 0 Å². The highest BCUT2D eigenvalue weighted by atomic mass is 16.7. The van der Waals surface area contributed by atoms with Gasteiger partial charge in [0.05, 0.1) is 22.4 Å². The third-order valence-corrected chi connectivity index (χ3v) is 6.70. The van der Waals surface area contributed by atoms with Crippen LogP contribution in [-0.4, -0.2) is 36.6 Å². The van der Waals surface area contributed by atoms with Crippen LogP contribution in [0.15, 0.2) is 0 Å². The smallest absolute Gasteiger partial charge is 0.403 e. The molecular formula is C19H38B2O4. The van der Waals surface area contributed by atoms with Gasteiger partial charge < -0.3 is 18.6 Å². The summed E-state index contributed by atoms with van der Waals surface area (Å²) < 4.78 is 24.6. The molecule has 2 rings (SSSR count). The van der Waals surface area contributed by atoms with Crippen LogP contribution in [0.1, 0.15) is 88.5 Å². The van der Waals surface area contributed by atoms with Crippen molar-refractivity contribution in [3.63, 3.8) is 0 Å². The van der Waals surface area contributed by atoms with Crippen LogP contribution in [0.25, 0.3) is 0 Å². The van der Waals surface area contributed by atoms with Crippen molar-refractivity contribution in [3.05, 3.63) is 0 Å². The van der Waals surface area contributed by atoms with Crippen LogP contribution >= 0.6 is 0 Å². The van der Waals surface area contributed by atoms with Crippen molar-refractivity contribution in [2.24, 2.45) is 0 Å². The number of hydrogen-bond donors (Lipinski definition) is 0. The fourth-order valence-corrected chi connectivity index (χ4v) is 3.25.